The fourth-order valence-corrected chi connectivity index (χ4v) is 2.84. The van der Waals surface area contributed by atoms with Crippen molar-refractivity contribution in [3.05, 3.63) is 29.8 Å². The quantitative estimate of drug-likeness (QED) is 0.855. The average molecular weight is 224 g/mol. The molecule has 0 aliphatic carbocycles. The van der Waals surface area contributed by atoms with E-state index < -0.39 is 0 Å². The zero-order valence-electron chi connectivity index (χ0n) is 8.85. The van der Waals surface area contributed by atoms with Gasteiger partial charge in [0.15, 0.2) is 0 Å². The molecule has 82 valence electrons. The molecule has 0 spiro atoms. The Balaban J connectivity index is 1.98. The number of ether oxygens (including phenoxy) is 1. The summed E-state index contributed by atoms with van der Waals surface area (Å²) in [4.78, 5) is 1.26. The third-order valence-corrected chi connectivity index (χ3v) is 4.17. The number of benzene rings is 1. The molecular formula is C12H16O2S. The van der Waals surface area contributed by atoms with E-state index in [-0.39, 0.29) is 6.61 Å². The lowest BCUT2D eigenvalue weighted by molar-refractivity contribution is 0.127. The second kappa shape index (κ2) is 5.01. The number of aliphatic hydroxyl groups excluding tert-OH is 1. The van der Waals surface area contributed by atoms with E-state index in [9.17, 15) is 0 Å². The van der Waals surface area contributed by atoms with E-state index in [1.54, 1.807) is 0 Å². The molecular weight excluding hydrogens is 208 g/mol. The molecule has 0 radical (unpaired) electrons. The van der Waals surface area contributed by atoms with Crippen LogP contribution >= 0.6 is 11.8 Å². The minimum absolute atomic E-state index is 0.119. The van der Waals surface area contributed by atoms with E-state index in [1.165, 1.54) is 4.90 Å². The summed E-state index contributed by atoms with van der Waals surface area (Å²) in [5.74, 6) is 0. The number of hydrogen-bond donors (Lipinski definition) is 1. The van der Waals surface area contributed by atoms with Gasteiger partial charge < -0.3 is 9.84 Å². The predicted octanol–water partition coefficient (Wildman–Crippen LogP) is 2.45. The fourth-order valence-electron chi connectivity index (χ4n) is 1.72. The Morgan fingerprint density at radius 3 is 2.67 bits per heavy atom. The highest BCUT2D eigenvalue weighted by Gasteiger charge is 2.24. The van der Waals surface area contributed by atoms with Gasteiger partial charge in [-0.2, -0.15) is 0 Å². The Morgan fingerprint density at radius 1 is 1.40 bits per heavy atom. The summed E-state index contributed by atoms with van der Waals surface area (Å²) in [6, 6.07) is 8.09. The molecule has 2 nitrogen and oxygen atoms in total. The van der Waals surface area contributed by atoms with Crippen LogP contribution in [-0.2, 0) is 11.3 Å². The molecule has 2 atom stereocenters. The summed E-state index contributed by atoms with van der Waals surface area (Å²) in [5.41, 5.74) is 0.968. The lowest BCUT2D eigenvalue weighted by Crippen LogP contribution is -2.12. The molecule has 2 unspecified atom stereocenters. The first-order valence-electron chi connectivity index (χ1n) is 5.27. The molecule has 1 fully saturated rings. The summed E-state index contributed by atoms with van der Waals surface area (Å²) in [7, 11) is 0. The normalized spacial score (nSPS) is 25.7. The van der Waals surface area contributed by atoms with E-state index in [2.05, 4.69) is 19.1 Å². The molecule has 0 bridgehead atoms. The minimum Gasteiger partial charge on any atom is -0.392 e. The van der Waals surface area contributed by atoms with Gasteiger partial charge in [0, 0.05) is 16.8 Å². The van der Waals surface area contributed by atoms with Crippen molar-refractivity contribution in [2.24, 2.45) is 0 Å². The van der Waals surface area contributed by atoms with Crippen LogP contribution in [0.4, 0.5) is 0 Å². The molecule has 1 aliphatic rings. The first-order valence-corrected chi connectivity index (χ1v) is 6.15. The average Bonchev–Trinajstić information content (AvgIpc) is 2.66. The Hall–Kier alpha value is -0.510. The van der Waals surface area contributed by atoms with Gasteiger partial charge in [0.2, 0.25) is 0 Å². The molecule has 0 amide bonds. The molecule has 1 heterocycles. The summed E-state index contributed by atoms with van der Waals surface area (Å²) in [5, 5.41) is 9.50. The summed E-state index contributed by atoms with van der Waals surface area (Å²) >= 11 is 1.87. The van der Waals surface area contributed by atoms with Crippen LogP contribution in [0.15, 0.2) is 29.2 Å². The van der Waals surface area contributed by atoms with Crippen molar-refractivity contribution in [1.29, 1.82) is 0 Å². The van der Waals surface area contributed by atoms with Crippen LogP contribution in [0.2, 0.25) is 0 Å². The van der Waals surface area contributed by atoms with Crippen LogP contribution in [0.5, 0.6) is 0 Å². The first-order chi connectivity index (χ1) is 7.29. The molecule has 15 heavy (non-hydrogen) atoms. The Morgan fingerprint density at radius 2 is 2.13 bits per heavy atom. The molecule has 1 aliphatic heterocycles. The van der Waals surface area contributed by atoms with E-state index >= 15 is 0 Å². The molecule has 1 aromatic rings. The second-order valence-electron chi connectivity index (χ2n) is 3.82. The van der Waals surface area contributed by atoms with Gasteiger partial charge in [-0.05, 0) is 31.0 Å². The van der Waals surface area contributed by atoms with Gasteiger partial charge in [0.1, 0.15) is 0 Å². The van der Waals surface area contributed by atoms with Crippen LogP contribution in [0.3, 0.4) is 0 Å². The van der Waals surface area contributed by atoms with E-state index in [1.807, 2.05) is 23.9 Å². The maximum atomic E-state index is 8.93. The highest BCUT2D eigenvalue weighted by atomic mass is 32.2. The van der Waals surface area contributed by atoms with Crippen LogP contribution in [0, 0.1) is 0 Å². The smallest absolute Gasteiger partial charge is 0.0681 e. The summed E-state index contributed by atoms with van der Waals surface area (Å²) < 4.78 is 5.52. The van der Waals surface area contributed by atoms with Gasteiger partial charge in [0.25, 0.3) is 0 Å². The van der Waals surface area contributed by atoms with Crippen molar-refractivity contribution < 1.29 is 9.84 Å². The van der Waals surface area contributed by atoms with Crippen molar-refractivity contribution in [1.82, 2.24) is 0 Å². The topological polar surface area (TPSA) is 29.5 Å². The third-order valence-electron chi connectivity index (χ3n) is 2.70. The van der Waals surface area contributed by atoms with Gasteiger partial charge in [0.05, 0.1) is 12.7 Å². The SMILES string of the molecule is CC1OCCC1Sc1ccc(CO)cc1. The minimum atomic E-state index is 0.119. The molecule has 1 aromatic carbocycles. The molecule has 1 saturated heterocycles. The first kappa shape index (κ1) is 11.0. The zero-order chi connectivity index (χ0) is 10.7. The fraction of sp³-hybridized carbons (Fsp3) is 0.500. The highest BCUT2D eigenvalue weighted by Crippen LogP contribution is 2.32. The number of aliphatic hydroxyl groups is 1. The van der Waals surface area contributed by atoms with Crippen molar-refractivity contribution in [2.75, 3.05) is 6.61 Å². The Bertz CT molecular complexity index is 310. The lowest BCUT2D eigenvalue weighted by atomic mass is 10.2. The van der Waals surface area contributed by atoms with Crippen molar-refractivity contribution in [2.45, 2.75) is 36.2 Å². The van der Waals surface area contributed by atoms with E-state index in [4.69, 9.17) is 9.84 Å². The maximum absolute atomic E-state index is 8.93. The maximum Gasteiger partial charge on any atom is 0.0681 e. The zero-order valence-corrected chi connectivity index (χ0v) is 9.67. The number of thioether (sulfide) groups is 1. The molecule has 0 saturated carbocycles. The Kier molecular flexibility index (Phi) is 3.67. The Labute approximate surface area is 94.6 Å². The lowest BCUT2D eigenvalue weighted by Gasteiger charge is -2.13. The van der Waals surface area contributed by atoms with Crippen LogP contribution in [0.25, 0.3) is 0 Å². The monoisotopic (exact) mass is 224 g/mol. The predicted molar refractivity (Wildman–Crippen MR) is 62.0 cm³/mol. The van der Waals surface area contributed by atoms with E-state index in [0.717, 1.165) is 18.6 Å². The summed E-state index contributed by atoms with van der Waals surface area (Å²) in [6.45, 7) is 3.13. The van der Waals surface area contributed by atoms with Gasteiger partial charge in [-0.25, -0.2) is 0 Å². The van der Waals surface area contributed by atoms with E-state index in [0.29, 0.717) is 11.4 Å². The van der Waals surface area contributed by atoms with Crippen molar-refractivity contribution in [3.63, 3.8) is 0 Å². The summed E-state index contributed by atoms with van der Waals surface area (Å²) in [6.07, 6.45) is 1.49. The molecule has 1 N–H and O–H groups in total. The molecule has 0 aromatic heterocycles. The van der Waals surface area contributed by atoms with Crippen molar-refractivity contribution >= 4 is 11.8 Å². The van der Waals surface area contributed by atoms with Gasteiger partial charge >= 0.3 is 0 Å². The third kappa shape index (κ3) is 2.74. The second-order valence-corrected chi connectivity index (χ2v) is 5.14. The molecule has 2 rings (SSSR count). The van der Waals surface area contributed by atoms with Crippen LogP contribution in [-0.4, -0.2) is 23.1 Å². The van der Waals surface area contributed by atoms with Crippen molar-refractivity contribution in [3.8, 4) is 0 Å². The van der Waals surface area contributed by atoms with Crippen LogP contribution in [0.1, 0.15) is 18.9 Å². The van der Waals surface area contributed by atoms with Crippen LogP contribution < -0.4 is 0 Å². The van der Waals surface area contributed by atoms with Gasteiger partial charge in [-0.1, -0.05) is 12.1 Å². The largest absolute Gasteiger partial charge is 0.392 e. The highest BCUT2D eigenvalue weighted by molar-refractivity contribution is 8.00. The number of hydrogen-bond acceptors (Lipinski definition) is 3. The standard InChI is InChI=1S/C12H16O2S/c1-9-12(6-7-14-9)15-11-4-2-10(8-13)3-5-11/h2-5,9,12-13H,6-8H2,1H3. The number of rotatable bonds is 3. The van der Waals surface area contributed by atoms with Gasteiger partial charge in [-0.3, -0.25) is 0 Å². The van der Waals surface area contributed by atoms with Gasteiger partial charge in [-0.15, -0.1) is 11.8 Å². The molecule has 3 heteroatoms.